The van der Waals surface area contributed by atoms with Gasteiger partial charge in [-0.2, -0.15) is 4.98 Å². The van der Waals surface area contributed by atoms with Crippen LogP contribution in [0.25, 0.3) is 5.65 Å². The molecule has 0 aliphatic rings. The highest BCUT2D eigenvalue weighted by molar-refractivity contribution is 5.66. The first kappa shape index (κ1) is 6.84. The number of fused-ring (bicyclic) bond motifs is 1. The van der Waals surface area contributed by atoms with E-state index in [1.54, 1.807) is 22.3 Å². The Morgan fingerprint density at radius 3 is 2.83 bits per heavy atom. The van der Waals surface area contributed by atoms with Crippen molar-refractivity contribution in [3.8, 4) is 0 Å². The summed E-state index contributed by atoms with van der Waals surface area (Å²) in [6.07, 6.45) is 3.62. The molecule has 0 fully saturated rings. The van der Waals surface area contributed by atoms with Crippen molar-refractivity contribution < 1.29 is 0 Å². The first-order valence-electron chi connectivity index (χ1n) is 3.52. The smallest absolute Gasteiger partial charge is 0.208 e. The largest absolute Gasteiger partial charge is 0.380 e. The molecule has 0 radical (unpaired) electrons. The number of nitrogen functional groups attached to an aromatic ring is 2. The van der Waals surface area contributed by atoms with Gasteiger partial charge in [-0.15, -0.1) is 0 Å². The molecular weight excluding hydrogens is 156 g/mol. The molecule has 2 aromatic rings. The van der Waals surface area contributed by atoms with Gasteiger partial charge in [0.05, 0.1) is 0 Å². The quantitative estimate of drug-likeness (QED) is 0.531. The minimum Gasteiger partial charge on any atom is -0.380 e. The van der Waals surface area contributed by atoms with Gasteiger partial charge in [0.1, 0.15) is 0 Å². The van der Waals surface area contributed by atoms with Gasteiger partial charge in [-0.3, -0.25) is 4.40 Å². The Morgan fingerprint density at radius 1 is 1.42 bits per heavy atom. The van der Waals surface area contributed by atoms with Crippen LogP contribution in [-0.4, -0.2) is 21.1 Å². The molecule has 0 spiro atoms. The summed E-state index contributed by atoms with van der Waals surface area (Å²) in [5.74, 6) is 0.823. The minimum absolute atomic E-state index is 0.400. The third-order valence-corrected chi connectivity index (χ3v) is 1.77. The number of anilines is 2. The molecule has 0 aromatic carbocycles. The van der Waals surface area contributed by atoms with Gasteiger partial charge in [-0.25, -0.2) is 4.68 Å². The average Bonchev–Trinajstić information content (AvgIpc) is 2.55. The third-order valence-electron chi connectivity index (χ3n) is 1.77. The van der Waals surface area contributed by atoms with Gasteiger partial charge in [0, 0.05) is 19.4 Å². The topological polar surface area (TPSA) is 86.3 Å². The van der Waals surface area contributed by atoms with Crippen molar-refractivity contribution in [2.75, 3.05) is 23.9 Å². The van der Waals surface area contributed by atoms with Crippen molar-refractivity contribution >= 4 is 17.4 Å². The first-order valence-corrected chi connectivity index (χ1v) is 3.52. The average molecular weight is 166 g/mol. The van der Waals surface area contributed by atoms with Gasteiger partial charge < -0.3 is 16.9 Å². The van der Waals surface area contributed by atoms with Crippen LogP contribution in [0.15, 0.2) is 12.4 Å². The summed E-state index contributed by atoms with van der Waals surface area (Å²) in [5.41, 5.74) is 14.9. The SMILES string of the molecule is CNn1ccn2c(N)nc(N)c12. The molecule has 0 bridgehead atoms. The second-order valence-electron chi connectivity index (χ2n) is 2.44. The number of imidazole rings is 2. The third kappa shape index (κ3) is 0.659. The van der Waals surface area contributed by atoms with Gasteiger partial charge >= 0.3 is 0 Å². The zero-order valence-electron chi connectivity index (χ0n) is 6.65. The van der Waals surface area contributed by atoms with Crippen LogP contribution in [0, 0.1) is 0 Å². The van der Waals surface area contributed by atoms with Gasteiger partial charge in [0.2, 0.25) is 5.95 Å². The zero-order valence-corrected chi connectivity index (χ0v) is 6.65. The predicted molar refractivity (Wildman–Crippen MR) is 47.3 cm³/mol. The summed E-state index contributed by atoms with van der Waals surface area (Å²) in [6, 6.07) is 0. The maximum Gasteiger partial charge on any atom is 0.208 e. The number of rotatable bonds is 1. The molecule has 2 aromatic heterocycles. The van der Waals surface area contributed by atoms with Gasteiger partial charge in [-0.05, 0) is 0 Å². The number of nitrogens with one attached hydrogen (secondary N) is 1. The summed E-state index contributed by atoms with van der Waals surface area (Å²) in [5, 5.41) is 0. The van der Waals surface area contributed by atoms with E-state index in [0.717, 1.165) is 5.65 Å². The molecule has 2 heterocycles. The molecule has 12 heavy (non-hydrogen) atoms. The highest BCUT2D eigenvalue weighted by atomic mass is 15.4. The molecule has 0 unspecified atom stereocenters. The predicted octanol–water partition coefficient (Wildman–Crippen LogP) is -0.527. The molecule has 0 saturated heterocycles. The summed E-state index contributed by atoms with van der Waals surface area (Å²) >= 11 is 0. The molecule has 6 heteroatoms. The molecule has 0 saturated carbocycles. The Morgan fingerprint density at radius 2 is 2.17 bits per heavy atom. The molecule has 64 valence electrons. The Balaban J connectivity index is 2.84. The summed E-state index contributed by atoms with van der Waals surface area (Å²) in [4.78, 5) is 3.92. The van der Waals surface area contributed by atoms with E-state index in [4.69, 9.17) is 11.5 Å². The van der Waals surface area contributed by atoms with Gasteiger partial charge in [0.25, 0.3) is 0 Å². The van der Waals surface area contributed by atoms with Crippen LogP contribution < -0.4 is 16.9 Å². The molecule has 0 aliphatic carbocycles. The van der Waals surface area contributed by atoms with Crippen molar-refractivity contribution in [3.05, 3.63) is 12.4 Å². The molecule has 5 N–H and O–H groups in total. The fourth-order valence-electron chi connectivity index (χ4n) is 1.23. The number of hydrogen-bond acceptors (Lipinski definition) is 4. The van der Waals surface area contributed by atoms with Crippen molar-refractivity contribution in [1.82, 2.24) is 14.1 Å². The van der Waals surface area contributed by atoms with Crippen molar-refractivity contribution in [2.24, 2.45) is 0 Å². The number of nitrogens with zero attached hydrogens (tertiary/aromatic N) is 3. The monoisotopic (exact) mass is 166 g/mol. The lowest BCUT2D eigenvalue weighted by Crippen LogP contribution is -2.07. The van der Waals surface area contributed by atoms with Gasteiger partial charge in [-0.1, -0.05) is 0 Å². The summed E-state index contributed by atoms with van der Waals surface area (Å²) < 4.78 is 3.46. The van der Waals surface area contributed by atoms with E-state index in [2.05, 4.69) is 10.4 Å². The van der Waals surface area contributed by atoms with Crippen LogP contribution in [0.3, 0.4) is 0 Å². The minimum atomic E-state index is 0.400. The molecule has 0 atom stereocenters. The Labute approximate surface area is 68.8 Å². The molecule has 6 nitrogen and oxygen atoms in total. The Kier molecular flexibility index (Phi) is 1.18. The molecule has 2 rings (SSSR count). The lowest BCUT2D eigenvalue weighted by Gasteiger charge is -1.99. The molecular formula is C6H10N6. The van der Waals surface area contributed by atoms with Crippen molar-refractivity contribution in [1.29, 1.82) is 0 Å². The molecule has 0 aliphatic heterocycles. The second-order valence-corrected chi connectivity index (χ2v) is 2.44. The van der Waals surface area contributed by atoms with Crippen LogP contribution in [0.1, 0.15) is 0 Å². The summed E-state index contributed by atoms with van der Waals surface area (Å²) in [7, 11) is 1.79. The molecule has 0 amide bonds. The van der Waals surface area contributed by atoms with E-state index >= 15 is 0 Å². The number of aromatic nitrogens is 3. The van der Waals surface area contributed by atoms with Crippen LogP contribution in [0.4, 0.5) is 11.8 Å². The van der Waals surface area contributed by atoms with E-state index in [1.165, 1.54) is 0 Å². The Hall–Kier alpha value is -1.85. The maximum atomic E-state index is 5.63. The highest BCUT2D eigenvalue weighted by Crippen LogP contribution is 2.15. The van der Waals surface area contributed by atoms with Crippen molar-refractivity contribution in [3.63, 3.8) is 0 Å². The first-order chi connectivity index (χ1) is 5.74. The normalized spacial score (nSPS) is 10.8. The van der Waals surface area contributed by atoms with E-state index < -0.39 is 0 Å². The van der Waals surface area contributed by atoms with Crippen molar-refractivity contribution in [2.45, 2.75) is 0 Å². The van der Waals surface area contributed by atoms with E-state index in [-0.39, 0.29) is 0 Å². The van der Waals surface area contributed by atoms with E-state index in [0.29, 0.717) is 11.8 Å². The van der Waals surface area contributed by atoms with Crippen LogP contribution >= 0.6 is 0 Å². The van der Waals surface area contributed by atoms with Gasteiger partial charge in [0.15, 0.2) is 11.5 Å². The Bertz CT molecular complexity index is 411. The number of nitrogens with two attached hydrogens (primary N) is 2. The zero-order chi connectivity index (χ0) is 8.72. The standard InChI is InChI=1S/C6H10N6/c1-9-12-3-2-11-5(12)4(7)10-6(11)8/h2-3,9H,7H2,1H3,(H2,8,10). The fraction of sp³-hybridized carbons (Fsp3) is 0.167. The van der Waals surface area contributed by atoms with Crippen LogP contribution in [0.5, 0.6) is 0 Å². The fourth-order valence-corrected chi connectivity index (χ4v) is 1.23. The summed E-state index contributed by atoms with van der Waals surface area (Å²) in [6.45, 7) is 0. The maximum absolute atomic E-state index is 5.63. The van der Waals surface area contributed by atoms with Crippen LogP contribution in [0.2, 0.25) is 0 Å². The second kappa shape index (κ2) is 2.07. The number of hydrogen-bond donors (Lipinski definition) is 3. The highest BCUT2D eigenvalue weighted by Gasteiger charge is 2.08. The lowest BCUT2D eigenvalue weighted by atomic mass is 10.7. The van der Waals surface area contributed by atoms with E-state index in [1.807, 2.05) is 6.20 Å². The van der Waals surface area contributed by atoms with E-state index in [9.17, 15) is 0 Å². The lowest BCUT2D eigenvalue weighted by molar-refractivity contribution is 0.968. The van der Waals surface area contributed by atoms with Crippen LogP contribution in [-0.2, 0) is 0 Å².